The fourth-order valence-corrected chi connectivity index (χ4v) is 2.90. The Labute approximate surface area is 162 Å². The zero-order valence-electron chi connectivity index (χ0n) is 15.7. The Morgan fingerprint density at radius 2 is 1.93 bits per heavy atom. The molecule has 1 N–H and O–H groups in total. The molecule has 0 aliphatic carbocycles. The molecule has 3 rings (SSSR count). The molecule has 7 heteroatoms. The summed E-state index contributed by atoms with van der Waals surface area (Å²) in [5, 5.41) is 2.76. The van der Waals surface area contributed by atoms with E-state index in [-0.39, 0.29) is 24.5 Å². The fourth-order valence-electron chi connectivity index (χ4n) is 2.90. The van der Waals surface area contributed by atoms with Gasteiger partial charge in [-0.3, -0.25) is 18.8 Å². The van der Waals surface area contributed by atoms with Crippen molar-refractivity contribution < 1.29 is 14.3 Å². The molecule has 1 amide bonds. The van der Waals surface area contributed by atoms with Crippen molar-refractivity contribution in [1.29, 1.82) is 0 Å². The molecule has 0 bridgehead atoms. The van der Waals surface area contributed by atoms with Crippen molar-refractivity contribution in [2.75, 3.05) is 0 Å². The van der Waals surface area contributed by atoms with Gasteiger partial charge in [-0.15, -0.1) is 0 Å². The Morgan fingerprint density at radius 1 is 1.18 bits per heavy atom. The molecular formula is C21H21N3O4. The van der Waals surface area contributed by atoms with Crippen LogP contribution in [0.2, 0.25) is 0 Å². The Morgan fingerprint density at radius 3 is 2.64 bits per heavy atom. The predicted octanol–water partition coefficient (Wildman–Crippen LogP) is 2.31. The van der Waals surface area contributed by atoms with E-state index in [1.54, 1.807) is 12.3 Å². The number of ether oxygens (including phenoxy) is 1. The Bertz CT molecular complexity index is 1060. The van der Waals surface area contributed by atoms with E-state index in [0.29, 0.717) is 11.3 Å². The zero-order valence-corrected chi connectivity index (χ0v) is 15.7. The molecule has 7 nitrogen and oxygen atoms in total. The van der Waals surface area contributed by atoms with E-state index >= 15 is 0 Å². The molecule has 0 aliphatic rings. The normalized spacial score (nSPS) is 11.8. The van der Waals surface area contributed by atoms with Crippen molar-refractivity contribution in [2.45, 2.75) is 32.9 Å². The van der Waals surface area contributed by atoms with Gasteiger partial charge >= 0.3 is 5.97 Å². The lowest BCUT2D eigenvalue weighted by molar-refractivity contribution is -0.145. The number of carbonyl (C=O) groups excluding carboxylic acids is 2. The number of aromatic nitrogens is 2. The number of aryl methyl sites for hydroxylation is 1. The van der Waals surface area contributed by atoms with Crippen LogP contribution in [-0.2, 0) is 20.9 Å². The molecule has 0 saturated carbocycles. The predicted molar refractivity (Wildman–Crippen MR) is 104 cm³/mol. The summed E-state index contributed by atoms with van der Waals surface area (Å²) in [4.78, 5) is 40.3. The number of amides is 1. The number of benzene rings is 1. The van der Waals surface area contributed by atoms with Gasteiger partial charge in [0.05, 0.1) is 18.2 Å². The molecule has 1 aromatic carbocycles. The first kappa shape index (κ1) is 19.3. The van der Waals surface area contributed by atoms with Gasteiger partial charge in [0.2, 0.25) is 5.91 Å². The molecule has 1 atom stereocenters. The summed E-state index contributed by atoms with van der Waals surface area (Å²) >= 11 is 0. The van der Waals surface area contributed by atoms with Crippen molar-refractivity contribution in [3.8, 4) is 0 Å². The highest BCUT2D eigenvalue weighted by Gasteiger charge is 2.18. The summed E-state index contributed by atoms with van der Waals surface area (Å²) in [5.74, 6) is -0.727. The van der Waals surface area contributed by atoms with Crippen LogP contribution < -0.4 is 10.9 Å². The van der Waals surface area contributed by atoms with Crippen LogP contribution in [0.3, 0.4) is 0 Å². The van der Waals surface area contributed by atoms with Crippen molar-refractivity contribution in [1.82, 2.24) is 14.7 Å². The number of hydrogen-bond donors (Lipinski definition) is 1. The van der Waals surface area contributed by atoms with Gasteiger partial charge < -0.3 is 10.1 Å². The van der Waals surface area contributed by atoms with Gasteiger partial charge in [0.1, 0.15) is 12.3 Å². The first-order chi connectivity index (χ1) is 13.4. The monoisotopic (exact) mass is 379 g/mol. The number of nitrogens with one attached hydrogen (secondary N) is 1. The lowest BCUT2D eigenvalue weighted by Gasteiger charge is -2.17. The maximum atomic E-state index is 12.3. The number of pyridine rings is 1. The van der Waals surface area contributed by atoms with Crippen molar-refractivity contribution in [3.05, 3.63) is 81.9 Å². The van der Waals surface area contributed by atoms with E-state index in [0.717, 1.165) is 11.1 Å². The smallest absolute Gasteiger partial charge is 0.308 e. The van der Waals surface area contributed by atoms with Gasteiger partial charge in [0.15, 0.2) is 0 Å². The highest BCUT2D eigenvalue weighted by atomic mass is 16.5. The van der Waals surface area contributed by atoms with Crippen LogP contribution in [0, 0.1) is 6.92 Å². The Hall–Kier alpha value is -3.48. The number of fused-ring (bicyclic) bond motifs is 1. The summed E-state index contributed by atoms with van der Waals surface area (Å²) in [7, 11) is 0. The Kier molecular flexibility index (Phi) is 5.84. The third kappa shape index (κ3) is 4.82. The molecule has 3 aromatic rings. The molecule has 28 heavy (non-hydrogen) atoms. The number of rotatable bonds is 6. The SMILES string of the molecule is CC(=O)NC(CC(=O)OCc1cc(=O)n2cc(C)ccc2n1)c1ccccc1. The van der Waals surface area contributed by atoms with Gasteiger partial charge in [-0.1, -0.05) is 36.4 Å². The average molecular weight is 379 g/mol. The highest BCUT2D eigenvalue weighted by molar-refractivity contribution is 5.76. The van der Waals surface area contributed by atoms with E-state index < -0.39 is 12.0 Å². The van der Waals surface area contributed by atoms with E-state index in [4.69, 9.17) is 4.74 Å². The highest BCUT2D eigenvalue weighted by Crippen LogP contribution is 2.17. The first-order valence-electron chi connectivity index (χ1n) is 8.89. The maximum absolute atomic E-state index is 12.3. The molecule has 2 heterocycles. The topological polar surface area (TPSA) is 89.8 Å². The van der Waals surface area contributed by atoms with E-state index in [9.17, 15) is 14.4 Å². The third-order valence-corrected chi connectivity index (χ3v) is 4.19. The summed E-state index contributed by atoms with van der Waals surface area (Å²) in [6, 6.07) is 13.7. The summed E-state index contributed by atoms with van der Waals surface area (Å²) in [6.45, 7) is 3.18. The lowest BCUT2D eigenvalue weighted by atomic mass is 10.0. The minimum Gasteiger partial charge on any atom is -0.459 e. The molecule has 0 spiro atoms. The molecule has 0 saturated heterocycles. The molecule has 144 valence electrons. The summed E-state index contributed by atoms with van der Waals surface area (Å²) in [6.07, 6.45) is 1.69. The third-order valence-electron chi connectivity index (χ3n) is 4.19. The quantitative estimate of drug-likeness (QED) is 0.664. The van der Waals surface area contributed by atoms with Gasteiger partial charge in [-0.2, -0.15) is 0 Å². The number of carbonyl (C=O) groups is 2. The van der Waals surface area contributed by atoms with Gasteiger partial charge in [0.25, 0.3) is 5.56 Å². The lowest BCUT2D eigenvalue weighted by Crippen LogP contribution is -2.28. The zero-order chi connectivity index (χ0) is 20.1. The van der Waals surface area contributed by atoms with Crippen LogP contribution >= 0.6 is 0 Å². The number of esters is 1. The van der Waals surface area contributed by atoms with Crippen LogP contribution in [0.5, 0.6) is 0 Å². The second-order valence-corrected chi connectivity index (χ2v) is 6.55. The van der Waals surface area contributed by atoms with Crippen LogP contribution in [-0.4, -0.2) is 21.3 Å². The molecule has 1 unspecified atom stereocenters. The molecule has 2 aromatic heterocycles. The van der Waals surface area contributed by atoms with Gasteiger partial charge in [0, 0.05) is 19.2 Å². The minimum atomic E-state index is -0.492. The van der Waals surface area contributed by atoms with Crippen LogP contribution in [0.15, 0.2) is 59.5 Å². The standard InChI is InChI=1S/C21H21N3O4/c1-14-8-9-19-23-17(10-20(26)24(19)12-14)13-28-21(27)11-18(22-15(2)25)16-6-4-3-5-7-16/h3-10,12,18H,11,13H2,1-2H3,(H,22,25). The first-order valence-corrected chi connectivity index (χ1v) is 8.89. The summed E-state index contributed by atoms with van der Waals surface area (Å²) < 4.78 is 6.74. The average Bonchev–Trinajstić information content (AvgIpc) is 2.67. The molecular weight excluding hydrogens is 358 g/mol. The van der Waals surface area contributed by atoms with Crippen LogP contribution in [0.4, 0.5) is 0 Å². The minimum absolute atomic E-state index is 0.0185. The van der Waals surface area contributed by atoms with E-state index in [1.165, 1.54) is 17.4 Å². The molecule has 0 radical (unpaired) electrons. The van der Waals surface area contributed by atoms with E-state index in [2.05, 4.69) is 10.3 Å². The number of hydrogen-bond acceptors (Lipinski definition) is 5. The Balaban J connectivity index is 1.69. The largest absolute Gasteiger partial charge is 0.459 e. The number of nitrogens with zero attached hydrogens (tertiary/aromatic N) is 2. The van der Waals surface area contributed by atoms with Crippen LogP contribution in [0.1, 0.15) is 36.2 Å². The van der Waals surface area contributed by atoms with Crippen molar-refractivity contribution in [3.63, 3.8) is 0 Å². The summed E-state index contributed by atoms with van der Waals surface area (Å²) in [5.41, 5.74) is 2.38. The van der Waals surface area contributed by atoms with Crippen molar-refractivity contribution in [2.24, 2.45) is 0 Å². The fraction of sp³-hybridized carbons (Fsp3) is 0.238. The van der Waals surface area contributed by atoms with E-state index in [1.807, 2.05) is 43.3 Å². The second-order valence-electron chi connectivity index (χ2n) is 6.55. The molecule has 0 fully saturated rings. The van der Waals surface area contributed by atoms with Gasteiger partial charge in [-0.05, 0) is 24.1 Å². The van der Waals surface area contributed by atoms with Crippen molar-refractivity contribution >= 4 is 17.5 Å². The van der Waals surface area contributed by atoms with Crippen LogP contribution in [0.25, 0.3) is 5.65 Å². The molecule has 0 aliphatic heterocycles. The second kappa shape index (κ2) is 8.47. The maximum Gasteiger partial charge on any atom is 0.308 e. The van der Waals surface area contributed by atoms with Gasteiger partial charge in [-0.25, -0.2) is 4.98 Å².